The predicted octanol–water partition coefficient (Wildman–Crippen LogP) is 7.27. The first-order chi connectivity index (χ1) is 20.6. The van der Waals surface area contributed by atoms with Crippen LogP contribution in [0.1, 0.15) is 29.7 Å². The van der Waals surface area contributed by atoms with Crippen LogP contribution < -0.4 is 26.2 Å². The Morgan fingerprint density at radius 2 is 1.84 bits per heavy atom. The number of nitrogens with zero attached hydrogens (tertiary/aromatic N) is 3. The van der Waals surface area contributed by atoms with Gasteiger partial charge >= 0.3 is 6.18 Å². The van der Waals surface area contributed by atoms with Crippen LogP contribution >= 0.6 is 23.7 Å². The Bertz CT molecular complexity index is 1600. The molecular weight excluding hydrogens is 611 g/mol. The van der Waals surface area contributed by atoms with E-state index in [1.165, 1.54) is 6.08 Å². The van der Waals surface area contributed by atoms with E-state index < -0.39 is 12.6 Å². The summed E-state index contributed by atoms with van der Waals surface area (Å²) >= 11 is 1.07. The molecule has 0 radical (unpaired) electrons. The monoisotopic (exact) mass is 645 g/mol. The molecule has 0 bridgehead atoms. The number of anilines is 5. The van der Waals surface area contributed by atoms with E-state index in [1.807, 2.05) is 43.4 Å². The Kier molecular flexibility index (Phi) is 10.7. The van der Waals surface area contributed by atoms with Crippen molar-refractivity contribution in [3.8, 4) is 0 Å². The fourth-order valence-corrected chi connectivity index (χ4v) is 6.35. The Balaban J connectivity index is 0.00000442. The van der Waals surface area contributed by atoms with E-state index in [0.717, 1.165) is 54.1 Å². The van der Waals surface area contributed by atoms with Gasteiger partial charge in [0.2, 0.25) is 11.9 Å². The smallest absolute Gasteiger partial charge is 0.357 e. The average Bonchev–Trinajstić information content (AvgIpc) is 3.61. The molecule has 0 spiro atoms. The van der Waals surface area contributed by atoms with Gasteiger partial charge < -0.3 is 26.2 Å². The van der Waals surface area contributed by atoms with Gasteiger partial charge in [0.05, 0.1) is 11.8 Å². The highest BCUT2D eigenvalue weighted by molar-refractivity contribution is 7.18. The van der Waals surface area contributed by atoms with Crippen LogP contribution in [0, 0.1) is 0 Å². The zero-order valence-corrected chi connectivity index (χ0v) is 26.0. The van der Waals surface area contributed by atoms with E-state index in [9.17, 15) is 18.0 Å². The van der Waals surface area contributed by atoms with Crippen LogP contribution in [-0.2, 0) is 17.8 Å². The lowest BCUT2D eigenvalue weighted by Crippen LogP contribution is -2.33. The van der Waals surface area contributed by atoms with Gasteiger partial charge in [-0.3, -0.25) is 4.79 Å². The third-order valence-electron chi connectivity index (χ3n) is 7.46. The number of aromatic nitrogens is 2. The molecule has 1 saturated carbocycles. The summed E-state index contributed by atoms with van der Waals surface area (Å²) in [5, 5.41) is 13.4. The quantitative estimate of drug-likeness (QED) is 0.127. The molecule has 4 N–H and O–H groups in total. The number of rotatable bonds is 11. The highest BCUT2D eigenvalue weighted by Gasteiger charge is 2.31. The molecule has 1 amide bonds. The second-order valence-electron chi connectivity index (χ2n) is 10.6. The Hall–Kier alpha value is -3.87. The Labute approximate surface area is 264 Å². The first kappa shape index (κ1) is 33.0. The molecule has 2 aromatic heterocycles. The predicted molar refractivity (Wildman–Crippen MR) is 176 cm³/mol. The molecule has 0 unspecified atom stereocenters. The molecule has 5 rings (SSSR count). The van der Waals surface area contributed by atoms with Crippen molar-refractivity contribution in [3.63, 3.8) is 0 Å². The maximum atomic E-state index is 13.0. The zero-order chi connectivity index (χ0) is 30.6. The van der Waals surface area contributed by atoms with Gasteiger partial charge in [-0.1, -0.05) is 24.8 Å². The van der Waals surface area contributed by atoms with Crippen molar-refractivity contribution in [2.45, 2.75) is 50.5 Å². The molecule has 0 aliphatic heterocycles. The normalized spacial score (nSPS) is 16.3. The molecule has 0 saturated heterocycles. The van der Waals surface area contributed by atoms with Gasteiger partial charge in [0.25, 0.3) is 0 Å². The molecule has 13 heteroatoms. The first-order valence-electron chi connectivity index (χ1n) is 14.0. The number of fused-ring (bicyclic) bond motifs is 1. The van der Waals surface area contributed by atoms with E-state index in [4.69, 9.17) is 0 Å². The number of halogens is 4. The van der Waals surface area contributed by atoms with E-state index in [2.05, 4.69) is 54.8 Å². The van der Waals surface area contributed by atoms with Crippen molar-refractivity contribution in [1.82, 2.24) is 15.3 Å². The molecule has 1 fully saturated rings. The minimum Gasteiger partial charge on any atom is -0.357 e. The number of hydrogen-bond donors (Lipinski definition) is 4. The minimum absolute atomic E-state index is 0. The fraction of sp³-hybridized carbons (Fsp3) is 0.323. The third kappa shape index (κ3) is 8.40. The molecule has 234 valence electrons. The molecule has 1 aliphatic carbocycles. The average molecular weight is 646 g/mol. The second-order valence-corrected chi connectivity index (χ2v) is 11.7. The van der Waals surface area contributed by atoms with E-state index in [0.29, 0.717) is 33.7 Å². The third-order valence-corrected chi connectivity index (χ3v) is 8.49. The lowest BCUT2D eigenvalue weighted by molar-refractivity contribution is -0.126. The van der Waals surface area contributed by atoms with Crippen LogP contribution in [0.5, 0.6) is 0 Å². The SMILES string of the molecule is C=CC(=O)Nc1cccc(Nc2ccc(CN[C@H]3CC[C@@H](N(C)c4nc(NC)nc5sc(CC(F)(F)F)cc45)C3)cc2)c1.Cl. The molecule has 4 aromatic rings. The maximum absolute atomic E-state index is 13.0. The molecular formula is C31H35ClF3N7OS. The van der Waals surface area contributed by atoms with Crippen LogP contribution in [0.25, 0.3) is 10.2 Å². The number of benzene rings is 2. The van der Waals surface area contributed by atoms with Crippen molar-refractivity contribution >= 4 is 68.7 Å². The Morgan fingerprint density at radius 1 is 1.09 bits per heavy atom. The summed E-state index contributed by atoms with van der Waals surface area (Å²) in [5.41, 5.74) is 3.63. The molecule has 2 heterocycles. The number of carbonyl (C=O) groups is 1. The number of nitrogens with one attached hydrogen (secondary N) is 4. The van der Waals surface area contributed by atoms with Crippen LogP contribution in [0.3, 0.4) is 0 Å². The molecule has 44 heavy (non-hydrogen) atoms. The highest BCUT2D eigenvalue weighted by atomic mass is 35.5. The number of thiophene rings is 1. The standard InChI is InChI=1S/C31H34F3N7OS.ClH/c1-4-27(42)38-23-7-5-6-22(14-23)37-20-10-8-19(9-11-20)18-36-21-12-13-24(15-21)41(3)28-26-16-25(17-31(32,33)34)43-29(26)40-30(35-2)39-28;/h4-11,14,16,21,24,36-37H,1,12-13,15,17-18H2,2-3H3,(H,38,42)(H,35,39,40);1H/t21-,24+;/m0./s1. The summed E-state index contributed by atoms with van der Waals surface area (Å²) in [6, 6.07) is 17.7. The number of alkyl halides is 3. The maximum Gasteiger partial charge on any atom is 0.393 e. The highest BCUT2D eigenvalue weighted by Crippen LogP contribution is 2.37. The van der Waals surface area contributed by atoms with Gasteiger partial charge in [-0.25, -0.2) is 4.98 Å². The summed E-state index contributed by atoms with van der Waals surface area (Å²) in [4.78, 5) is 23.5. The van der Waals surface area contributed by atoms with Crippen molar-refractivity contribution in [2.24, 2.45) is 0 Å². The lowest BCUT2D eigenvalue weighted by Gasteiger charge is -2.27. The van der Waals surface area contributed by atoms with E-state index >= 15 is 0 Å². The summed E-state index contributed by atoms with van der Waals surface area (Å²) in [6.07, 6.45) is -1.18. The zero-order valence-electron chi connectivity index (χ0n) is 24.4. The number of carbonyl (C=O) groups excluding carboxylic acids is 1. The van der Waals surface area contributed by atoms with Gasteiger partial charge in [0.1, 0.15) is 10.6 Å². The Morgan fingerprint density at radius 3 is 2.55 bits per heavy atom. The summed E-state index contributed by atoms with van der Waals surface area (Å²) in [5.74, 6) is 0.790. The largest absolute Gasteiger partial charge is 0.393 e. The second kappa shape index (κ2) is 14.3. The lowest BCUT2D eigenvalue weighted by atomic mass is 10.1. The van der Waals surface area contributed by atoms with Gasteiger partial charge in [-0.05, 0) is 67.3 Å². The number of amides is 1. The van der Waals surface area contributed by atoms with Gasteiger partial charge in [-0.2, -0.15) is 18.2 Å². The van der Waals surface area contributed by atoms with E-state index in [-0.39, 0.29) is 29.2 Å². The molecule has 1 aliphatic rings. The molecule has 2 aromatic carbocycles. The van der Waals surface area contributed by atoms with Crippen molar-refractivity contribution in [3.05, 3.63) is 77.7 Å². The first-order valence-corrected chi connectivity index (χ1v) is 14.8. The van der Waals surface area contributed by atoms with Crippen molar-refractivity contribution < 1.29 is 18.0 Å². The summed E-state index contributed by atoms with van der Waals surface area (Å²) in [7, 11) is 3.67. The number of hydrogen-bond acceptors (Lipinski definition) is 8. The minimum atomic E-state index is -4.27. The van der Waals surface area contributed by atoms with Gasteiger partial charge in [-0.15, -0.1) is 23.7 Å². The van der Waals surface area contributed by atoms with Gasteiger partial charge in [0, 0.05) is 54.7 Å². The van der Waals surface area contributed by atoms with Crippen molar-refractivity contribution in [2.75, 3.05) is 34.9 Å². The molecule has 8 nitrogen and oxygen atoms in total. The van der Waals surface area contributed by atoms with Crippen molar-refractivity contribution in [1.29, 1.82) is 0 Å². The van der Waals surface area contributed by atoms with Crippen LogP contribution in [0.4, 0.5) is 42.0 Å². The summed E-state index contributed by atoms with van der Waals surface area (Å²) < 4.78 is 39.1. The topological polar surface area (TPSA) is 94.2 Å². The van der Waals surface area contributed by atoms with Crippen LogP contribution in [0.15, 0.2) is 67.3 Å². The summed E-state index contributed by atoms with van der Waals surface area (Å²) in [6.45, 7) is 4.19. The van der Waals surface area contributed by atoms with Gasteiger partial charge in [0.15, 0.2) is 0 Å². The van der Waals surface area contributed by atoms with Crippen LogP contribution in [0.2, 0.25) is 0 Å². The van der Waals surface area contributed by atoms with Crippen LogP contribution in [-0.4, -0.2) is 48.2 Å². The fourth-order valence-electron chi connectivity index (χ4n) is 5.29. The molecule has 2 atom stereocenters. The van der Waals surface area contributed by atoms with E-state index in [1.54, 1.807) is 13.1 Å².